The van der Waals surface area contributed by atoms with Gasteiger partial charge in [0.15, 0.2) is 0 Å². The molecule has 0 atom stereocenters. The number of esters is 1. The molecule has 1 aliphatic rings. The van der Waals surface area contributed by atoms with Gasteiger partial charge < -0.3 is 15.2 Å². The van der Waals surface area contributed by atoms with Crippen molar-refractivity contribution in [1.29, 1.82) is 0 Å². The van der Waals surface area contributed by atoms with Crippen LogP contribution < -0.4 is 5.73 Å². The molecular formula is C11H13NO3. The summed E-state index contributed by atoms with van der Waals surface area (Å²) in [6.07, 6.45) is 0.209. The molecular weight excluding hydrogens is 194 g/mol. The Morgan fingerprint density at radius 1 is 1.53 bits per heavy atom. The number of hydrogen-bond acceptors (Lipinski definition) is 4. The van der Waals surface area contributed by atoms with Crippen LogP contribution in [0.1, 0.15) is 5.56 Å². The first-order chi connectivity index (χ1) is 7.24. The molecule has 2 rings (SSSR count). The minimum atomic E-state index is -0.228. The Balaban J connectivity index is 1.87. The van der Waals surface area contributed by atoms with E-state index < -0.39 is 0 Å². The topological polar surface area (TPSA) is 61.6 Å². The van der Waals surface area contributed by atoms with Crippen molar-refractivity contribution in [2.45, 2.75) is 12.5 Å². The first kappa shape index (κ1) is 9.98. The highest BCUT2D eigenvalue weighted by Crippen LogP contribution is 2.10. The minimum Gasteiger partial charge on any atom is -0.457 e. The summed E-state index contributed by atoms with van der Waals surface area (Å²) in [5, 5.41) is 0. The van der Waals surface area contributed by atoms with Gasteiger partial charge in [0.05, 0.1) is 19.6 Å². The number of nitrogens with two attached hydrogens (primary N) is 1. The quantitative estimate of drug-likeness (QED) is 0.587. The van der Waals surface area contributed by atoms with Crippen molar-refractivity contribution in [3.8, 4) is 0 Å². The van der Waals surface area contributed by atoms with Crippen LogP contribution in [0.25, 0.3) is 0 Å². The minimum absolute atomic E-state index is 0.0569. The number of carbonyl (C=O) groups excluding carboxylic acids is 1. The highest BCUT2D eigenvalue weighted by Gasteiger charge is 2.22. The fourth-order valence-electron chi connectivity index (χ4n) is 1.38. The van der Waals surface area contributed by atoms with Crippen molar-refractivity contribution in [2.24, 2.45) is 0 Å². The van der Waals surface area contributed by atoms with E-state index in [9.17, 15) is 4.79 Å². The molecule has 4 heteroatoms. The average molecular weight is 207 g/mol. The van der Waals surface area contributed by atoms with Crippen LogP contribution in [-0.2, 0) is 20.7 Å². The number of carbonyl (C=O) groups is 1. The van der Waals surface area contributed by atoms with Crippen LogP contribution in [0.2, 0.25) is 0 Å². The van der Waals surface area contributed by atoms with Gasteiger partial charge in [-0.3, -0.25) is 4.79 Å². The molecule has 0 radical (unpaired) electrons. The Morgan fingerprint density at radius 3 is 2.93 bits per heavy atom. The van der Waals surface area contributed by atoms with Gasteiger partial charge >= 0.3 is 5.97 Å². The lowest BCUT2D eigenvalue weighted by Gasteiger charge is -2.25. The number of hydrogen-bond donors (Lipinski definition) is 1. The van der Waals surface area contributed by atoms with Crippen LogP contribution in [0.4, 0.5) is 5.69 Å². The summed E-state index contributed by atoms with van der Waals surface area (Å²) in [5.74, 6) is -0.228. The molecule has 4 nitrogen and oxygen atoms in total. The lowest BCUT2D eigenvalue weighted by molar-refractivity contribution is -0.171. The highest BCUT2D eigenvalue weighted by atomic mass is 16.6. The van der Waals surface area contributed by atoms with Crippen LogP contribution >= 0.6 is 0 Å². The van der Waals surface area contributed by atoms with Gasteiger partial charge in [-0.05, 0) is 17.7 Å². The smallest absolute Gasteiger partial charge is 0.310 e. The third kappa shape index (κ3) is 2.70. The zero-order valence-corrected chi connectivity index (χ0v) is 8.31. The molecule has 0 bridgehead atoms. The summed E-state index contributed by atoms with van der Waals surface area (Å²) >= 11 is 0. The third-order valence-electron chi connectivity index (χ3n) is 2.21. The molecule has 0 aromatic heterocycles. The van der Waals surface area contributed by atoms with Crippen molar-refractivity contribution in [1.82, 2.24) is 0 Å². The molecule has 1 aromatic carbocycles. The molecule has 0 aliphatic carbocycles. The van der Waals surface area contributed by atoms with E-state index in [0.717, 1.165) is 5.56 Å². The summed E-state index contributed by atoms with van der Waals surface area (Å²) in [7, 11) is 0. The van der Waals surface area contributed by atoms with Crippen molar-refractivity contribution < 1.29 is 14.3 Å². The molecule has 15 heavy (non-hydrogen) atoms. The van der Waals surface area contributed by atoms with Gasteiger partial charge in [-0.15, -0.1) is 0 Å². The number of benzene rings is 1. The maximum Gasteiger partial charge on any atom is 0.310 e. The molecule has 0 spiro atoms. The Hall–Kier alpha value is -1.55. The summed E-state index contributed by atoms with van der Waals surface area (Å²) in [5.41, 5.74) is 7.14. The van der Waals surface area contributed by atoms with Crippen LogP contribution in [0.5, 0.6) is 0 Å². The van der Waals surface area contributed by atoms with Gasteiger partial charge in [-0.2, -0.15) is 0 Å². The summed E-state index contributed by atoms with van der Waals surface area (Å²) in [6, 6.07) is 7.24. The molecule has 0 amide bonds. The normalized spacial score (nSPS) is 15.7. The molecule has 1 aromatic rings. The lowest BCUT2D eigenvalue weighted by Crippen LogP contribution is -2.38. The largest absolute Gasteiger partial charge is 0.457 e. The molecule has 1 fully saturated rings. The number of anilines is 1. The van der Waals surface area contributed by atoms with Gasteiger partial charge in [0.25, 0.3) is 0 Å². The van der Waals surface area contributed by atoms with E-state index in [0.29, 0.717) is 18.9 Å². The summed E-state index contributed by atoms with van der Waals surface area (Å²) < 4.78 is 10.0. The summed E-state index contributed by atoms with van der Waals surface area (Å²) in [6.45, 7) is 1.03. The number of nitrogen functional groups attached to an aromatic ring is 1. The molecule has 80 valence electrons. The van der Waals surface area contributed by atoms with E-state index in [2.05, 4.69) is 0 Å². The van der Waals surface area contributed by atoms with Crippen molar-refractivity contribution in [3.05, 3.63) is 29.8 Å². The Labute approximate surface area is 88.0 Å². The predicted molar refractivity (Wildman–Crippen MR) is 55.3 cm³/mol. The summed E-state index contributed by atoms with van der Waals surface area (Å²) in [4.78, 5) is 11.4. The molecule has 0 unspecified atom stereocenters. The predicted octanol–water partition coefficient (Wildman–Crippen LogP) is 0.753. The van der Waals surface area contributed by atoms with E-state index in [-0.39, 0.29) is 18.5 Å². The standard InChI is InChI=1S/C11H13NO3/c12-9-3-1-2-8(4-9)5-11(13)15-10-6-14-7-10/h1-4,10H,5-7,12H2. The Morgan fingerprint density at radius 2 is 2.33 bits per heavy atom. The molecule has 0 saturated carbocycles. The monoisotopic (exact) mass is 207 g/mol. The molecule has 1 aliphatic heterocycles. The van der Waals surface area contributed by atoms with Crippen molar-refractivity contribution in [2.75, 3.05) is 18.9 Å². The van der Waals surface area contributed by atoms with Crippen LogP contribution in [0.15, 0.2) is 24.3 Å². The van der Waals surface area contributed by atoms with Crippen LogP contribution in [-0.4, -0.2) is 25.3 Å². The van der Waals surface area contributed by atoms with Gasteiger partial charge in [0, 0.05) is 5.69 Å². The second kappa shape index (κ2) is 4.31. The number of rotatable bonds is 3. The maximum atomic E-state index is 11.4. The second-order valence-corrected chi connectivity index (χ2v) is 3.57. The third-order valence-corrected chi connectivity index (χ3v) is 2.21. The van der Waals surface area contributed by atoms with Crippen LogP contribution in [0.3, 0.4) is 0 Å². The van der Waals surface area contributed by atoms with Gasteiger partial charge in [-0.25, -0.2) is 0 Å². The van der Waals surface area contributed by atoms with Gasteiger partial charge in [-0.1, -0.05) is 12.1 Å². The maximum absolute atomic E-state index is 11.4. The van der Waals surface area contributed by atoms with Gasteiger partial charge in [0.2, 0.25) is 0 Å². The zero-order chi connectivity index (χ0) is 10.7. The SMILES string of the molecule is Nc1cccc(CC(=O)OC2COC2)c1. The lowest BCUT2D eigenvalue weighted by atomic mass is 10.1. The van der Waals surface area contributed by atoms with E-state index in [1.54, 1.807) is 12.1 Å². The van der Waals surface area contributed by atoms with E-state index in [1.165, 1.54) is 0 Å². The number of ether oxygens (including phenoxy) is 2. The van der Waals surface area contributed by atoms with Crippen molar-refractivity contribution in [3.63, 3.8) is 0 Å². The fourth-order valence-corrected chi connectivity index (χ4v) is 1.38. The Kier molecular flexibility index (Phi) is 2.87. The first-order valence-electron chi connectivity index (χ1n) is 4.85. The molecule has 1 saturated heterocycles. The van der Waals surface area contributed by atoms with E-state index in [1.807, 2.05) is 12.1 Å². The van der Waals surface area contributed by atoms with Crippen molar-refractivity contribution >= 4 is 11.7 Å². The second-order valence-electron chi connectivity index (χ2n) is 3.57. The fraction of sp³-hybridized carbons (Fsp3) is 0.364. The van der Waals surface area contributed by atoms with E-state index >= 15 is 0 Å². The highest BCUT2D eigenvalue weighted by molar-refractivity contribution is 5.73. The van der Waals surface area contributed by atoms with Crippen LogP contribution in [0, 0.1) is 0 Å². The average Bonchev–Trinajstić information content (AvgIpc) is 2.11. The molecule has 1 heterocycles. The van der Waals surface area contributed by atoms with Gasteiger partial charge in [0.1, 0.15) is 6.10 Å². The zero-order valence-electron chi connectivity index (χ0n) is 8.31. The first-order valence-corrected chi connectivity index (χ1v) is 4.85. The van der Waals surface area contributed by atoms with E-state index in [4.69, 9.17) is 15.2 Å². The molecule has 2 N–H and O–H groups in total. The Bertz CT molecular complexity index is 361.